The molecule has 0 spiro atoms. The van der Waals surface area contributed by atoms with Crippen molar-refractivity contribution in [2.24, 2.45) is 0 Å². The quantitative estimate of drug-likeness (QED) is 0.0699. The number of methoxy groups -OCH3 is 3. The molecule has 0 aromatic heterocycles. The van der Waals surface area contributed by atoms with Gasteiger partial charge in [0.05, 0.1) is 40.1 Å². The number of carbonyl (C=O) groups is 1. The van der Waals surface area contributed by atoms with Crippen molar-refractivity contribution < 1.29 is 33.2 Å². The van der Waals surface area contributed by atoms with Crippen molar-refractivity contribution in [2.45, 2.75) is 31.8 Å². The Kier molecular flexibility index (Phi) is 9.88. The molecule has 1 aliphatic carbocycles. The Bertz CT molecular complexity index is 2530. The van der Waals surface area contributed by atoms with Crippen LogP contribution in [0.15, 0.2) is 127 Å². The predicted octanol–water partition coefficient (Wildman–Crippen LogP) is 10.9. The molecule has 1 aliphatic heterocycles. The molecule has 7 heteroatoms. The molecule has 2 aliphatic rings. The molecule has 6 aromatic rings. The average molecular weight is 759 g/mol. The first-order valence-corrected chi connectivity index (χ1v) is 19.1. The van der Waals surface area contributed by atoms with Gasteiger partial charge >= 0.3 is 5.97 Å². The zero-order valence-corrected chi connectivity index (χ0v) is 33.2. The van der Waals surface area contributed by atoms with Crippen LogP contribution < -0.4 is 18.9 Å². The summed E-state index contributed by atoms with van der Waals surface area (Å²) in [7, 11) is 5.00. The van der Waals surface area contributed by atoms with Gasteiger partial charge in [-0.05, 0) is 94.2 Å². The topological polar surface area (TPSA) is 72.5 Å². The molecule has 0 fully saturated rings. The minimum Gasteiger partial charge on any atom is -0.497 e. The van der Waals surface area contributed by atoms with Gasteiger partial charge in [0, 0.05) is 27.5 Å². The van der Waals surface area contributed by atoms with Gasteiger partial charge in [-0.2, -0.15) is 0 Å². The highest BCUT2D eigenvalue weighted by Crippen LogP contribution is 2.59. The van der Waals surface area contributed by atoms with E-state index >= 15 is 0 Å². The molecule has 1 unspecified atom stereocenters. The van der Waals surface area contributed by atoms with E-state index in [4.69, 9.17) is 28.4 Å². The smallest absolute Gasteiger partial charge is 0.338 e. The molecule has 0 N–H and O–H groups in total. The Morgan fingerprint density at radius 2 is 1.40 bits per heavy atom. The van der Waals surface area contributed by atoms with E-state index in [0.717, 1.165) is 66.8 Å². The second kappa shape index (κ2) is 15.0. The van der Waals surface area contributed by atoms with Gasteiger partial charge in [-0.1, -0.05) is 98.8 Å². The fraction of sp³-hybridized carbons (Fsp3) is 0.220. The highest BCUT2D eigenvalue weighted by Gasteiger charge is 2.44. The van der Waals surface area contributed by atoms with E-state index in [1.54, 1.807) is 21.3 Å². The molecule has 8 rings (SSSR count). The molecular weight excluding hydrogens is 713 g/mol. The molecule has 288 valence electrons. The molecule has 0 radical (unpaired) electrons. The van der Waals surface area contributed by atoms with Gasteiger partial charge in [0.2, 0.25) is 0 Å². The summed E-state index contributed by atoms with van der Waals surface area (Å²) in [6.07, 6.45) is 4.43. The Hall–Kier alpha value is -6.31. The van der Waals surface area contributed by atoms with Gasteiger partial charge in [-0.3, -0.25) is 0 Å². The molecule has 1 heterocycles. The summed E-state index contributed by atoms with van der Waals surface area (Å²) < 4.78 is 35.7. The highest BCUT2D eigenvalue weighted by molar-refractivity contribution is 6.10. The number of hydrogen-bond donors (Lipinski definition) is 0. The number of benzene rings is 6. The predicted molar refractivity (Wildman–Crippen MR) is 226 cm³/mol. The third kappa shape index (κ3) is 6.52. The largest absolute Gasteiger partial charge is 0.497 e. The number of hydrogen-bond acceptors (Lipinski definition) is 7. The van der Waals surface area contributed by atoms with Crippen LogP contribution in [0, 0.1) is 0 Å². The van der Waals surface area contributed by atoms with Crippen LogP contribution in [-0.2, 0) is 20.5 Å². The van der Waals surface area contributed by atoms with Gasteiger partial charge < -0.3 is 28.4 Å². The van der Waals surface area contributed by atoms with Crippen molar-refractivity contribution in [1.29, 1.82) is 0 Å². The van der Waals surface area contributed by atoms with Crippen molar-refractivity contribution in [1.82, 2.24) is 0 Å². The van der Waals surface area contributed by atoms with E-state index in [1.807, 2.05) is 67.6 Å². The van der Waals surface area contributed by atoms with Gasteiger partial charge in [0.1, 0.15) is 18.1 Å². The number of rotatable bonds is 12. The summed E-state index contributed by atoms with van der Waals surface area (Å²) in [4.78, 5) is 12.8. The normalized spacial score (nSPS) is 15.9. The van der Waals surface area contributed by atoms with Crippen LogP contribution in [0.1, 0.15) is 58.9 Å². The van der Waals surface area contributed by atoms with E-state index in [9.17, 15) is 4.79 Å². The van der Waals surface area contributed by atoms with Crippen molar-refractivity contribution in [3.63, 3.8) is 0 Å². The summed E-state index contributed by atoms with van der Waals surface area (Å²) in [5.41, 5.74) is 9.81. The summed E-state index contributed by atoms with van der Waals surface area (Å²) in [5.74, 6) is 2.43. The maximum Gasteiger partial charge on any atom is 0.338 e. The number of fused-ring (bicyclic) bond motifs is 8. The second-order valence-electron chi connectivity index (χ2n) is 15.1. The summed E-state index contributed by atoms with van der Waals surface area (Å²) >= 11 is 0. The Balaban J connectivity index is 1.24. The van der Waals surface area contributed by atoms with Crippen molar-refractivity contribution in [3.05, 3.63) is 161 Å². The lowest BCUT2D eigenvalue weighted by Crippen LogP contribution is -2.35. The Labute approximate surface area is 334 Å². The van der Waals surface area contributed by atoms with Crippen LogP contribution in [0.25, 0.3) is 39.1 Å². The number of ether oxygens (including phenoxy) is 6. The van der Waals surface area contributed by atoms with Crippen LogP contribution in [0.5, 0.6) is 23.0 Å². The summed E-state index contributed by atoms with van der Waals surface area (Å²) in [6, 6.07) is 36.7. The van der Waals surface area contributed by atoms with E-state index in [2.05, 4.69) is 81.1 Å². The molecular formula is C50H46O7. The van der Waals surface area contributed by atoms with Crippen LogP contribution in [0.3, 0.4) is 0 Å². The van der Waals surface area contributed by atoms with Crippen LogP contribution >= 0.6 is 0 Å². The summed E-state index contributed by atoms with van der Waals surface area (Å²) in [6.45, 7) is 11.2. The first-order chi connectivity index (χ1) is 27.6. The van der Waals surface area contributed by atoms with E-state index < -0.39 is 11.0 Å². The summed E-state index contributed by atoms with van der Waals surface area (Å²) in [5, 5.41) is 1.94. The zero-order chi connectivity index (χ0) is 39.9. The van der Waals surface area contributed by atoms with E-state index in [0.29, 0.717) is 30.3 Å². The lowest BCUT2D eigenvalue weighted by Gasteiger charge is -2.38. The number of carbonyl (C=O) groups excluding carboxylic acids is 1. The average Bonchev–Trinajstić information content (AvgIpc) is 3.48. The monoisotopic (exact) mass is 758 g/mol. The molecule has 0 bridgehead atoms. The molecule has 1 atom stereocenters. The van der Waals surface area contributed by atoms with Crippen LogP contribution in [0.4, 0.5) is 0 Å². The van der Waals surface area contributed by atoms with Crippen LogP contribution in [0.2, 0.25) is 0 Å². The fourth-order valence-electron chi connectivity index (χ4n) is 8.31. The minimum absolute atomic E-state index is 0.181. The number of esters is 1. The minimum atomic E-state index is -0.922. The Morgan fingerprint density at radius 3 is 2.07 bits per heavy atom. The van der Waals surface area contributed by atoms with Crippen molar-refractivity contribution in [3.8, 4) is 45.3 Å². The Morgan fingerprint density at radius 1 is 0.737 bits per heavy atom. The molecule has 0 amide bonds. The SMILES string of the molecule is C=C(C)COCCOC(=O)c1ccc(-c2ccc3c(c2)C(C)(C)c2c4c(c5cc(OC)c(OC)cc5c2-3)OC(c2ccccc2)(c2ccc(OC)cc2)C=C4)cc1. The van der Waals surface area contributed by atoms with Gasteiger partial charge in [0.25, 0.3) is 0 Å². The zero-order valence-electron chi connectivity index (χ0n) is 33.2. The first-order valence-electron chi connectivity index (χ1n) is 19.1. The molecule has 0 saturated heterocycles. The highest BCUT2D eigenvalue weighted by atomic mass is 16.6. The third-order valence-corrected chi connectivity index (χ3v) is 11.1. The van der Waals surface area contributed by atoms with Gasteiger partial charge in [-0.15, -0.1) is 0 Å². The molecule has 0 saturated carbocycles. The fourth-order valence-corrected chi connectivity index (χ4v) is 8.31. The molecule has 7 nitrogen and oxygen atoms in total. The standard InChI is InChI=1S/C50H46O7/c1-31(2)30-55-25-26-56-48(51)33-15-13-32(14-16-33)34-17-22-38-42(27-34)49(3,4)46-39-23-24-50(35-11-9-8-10-12-35,36-18-20-37(52-5)21-19-36)57-47(39)41-29-44(54-7)43(53-6)28-40(41)45(38)46/h8-24,27-29H,1,25-26,30H2,2-7H3. The second-order valence-corrected chi connectivity index (χ2v) is 15.1. The first kappa shape index (κ1) is 37.6. The van der Waals surface area contributed by atoms with Crippen molar-refractivity contribution >= 4 is 22.8 Å². The molecule has 6 aromatic carbocycles. The maximum atomic E-state index is 12.8. The lowest BCUT2D eigenvalue weighted by molar-refractivity contribution is 0.0347. The third-order valence-electron chi connectivity index (χ3n) is 11.1. The van der Waals surface area contributed by atoms with Crippen LogP contribution in [-0.4, -0.2) is 47.1 Å². The van der Waals surface area contributed by atoms with Gasteiger partial charge in [0.15, 0.2) is 17.1 Å². The van der Waals surface area contributed by atoms with E-state index in [1.165, 1.54) is 11.1 Å². The maximum absolute atomic E-state index is 12.8. The van der Waals surface area contributed by atoms with E-state index in [-0.39, 0.29) is 12.6 Å². The lowest BCUT2D eigenvalue weighted by atomic mass is 9.76. The van der Waals surface area contributed by atoms with Gasteiger partial charge in [-0.25, -0.2) is 4.79 Å². The van der Waals surface area contributed by atoms with Crippen molar-refractivity contribution in [2.75, 3.05) is 41.2 Å². The molecule has 57 heavy (non-hydrogen) atoms.